The Morgan fingerprint density at radius 3 is 2.95 bits per heavy atom. The van der Waals surface area contributed by atoms with Gasteiger partial charge in [-0.3, -0.25) is 0 Å². The Morgan fingerprint density at radius 1 is 1.38 bits per heavy atom. The van der Waals surface area contributed by atoms with Crippen molar-refractivity contribution >= 4 is 44.5 Å². The Hall–Kier alpha value is -1.86. The van der Waals surface area contributed by atoms with Crippen LogP contribution in [0.25, 0.3) is 11.2 Å². The van der Waals surface area contributed by atoms with Crippen LogP contribution in [0.15, 0.2) is 28.7 Å². The molecule has 0 aliphatic carbocycles. The lowest BCUT2D eigenvalue weighted by Crippen LogP contribution is -2.05. The van der Waals surface area contributed by atoms with Crippen LogP contribution >= 0.6 is 27.5 Å². The second kappa shape index (κ2) is 5.50. The number of nitrogens with one attached hydrogen (secondary N) is 2. The number of hydrogen-bond acceptors (Lipinski definition) is 4. The van der Waals surface area contributed by atoms with Gasteiger partial charge in [0.1, 0.15) is 11.6 Å². The lowest BCUT2D eigenvalue weighted by Gasteiger charge is -2.09. The predicted octanol–water partition coefficient (Wildman–Crippen LogP) is 3.83. The molecule has 0 aliphatic heterocycles. The highest BCUT2D eigenvalue weighted by molar-refractivity contribution is 9.10. The van der Waals surface area contributed by atoms with Gasteiger partial charge in [0.05, 0.1) is 10.5 Å². The molecular weight excluding hydrogens is 363 g/mol. The number of aromatic nitrogens is 3. The molecule has 2 heterocycles. The molecule has 0 amide bonds. The summed E-state index contributed by atoms with van der Waals surface area (Å²) in [6.07, 6.45) is 0. The van der Waals surface area contributed by atoms with Gasteiger partial charge in [-0.15, -0.1) is 0 Å². The van der Waals surface area contributed by atoms with Gasteiger partial charge in [0.25, 0.3) is 6.01 Å². The van der Waals surface area contributed by atoms with E-state index in [1.807, 2.05) is 0 Å². The van der Waals surface area contributed by atoms with E-state index in [1.165, 1.54) is 6.07 Å². The van der Waals surface area contributed by atoms with Crippen LogP contribution in [0, 0.1) is 5.82 Å². The number of H-pyrrole nitrogens is 1. The Kier molecular flexibility index (Phi) is 3.69. The van der Waals surface area contributed by atoms with Crippen molar-refractivity contribution in [2.24, 2.45) is 0 Å². The summed E-state index contributed by atoms with van der Waals surface area (Å²) < 4.78 is 14.4. The lowest BCUT2D eigenvalue weighted by molar-refractivity contribution is 0.438. The van der Waals surface area contributed by atoms with Crippen LogP contribution in [0.5, 0.6) is 6.01 Å². The van der Waals surface area contributed by atoms with E-state index in [9.17, 15) is 9.50 Å². The SMILES string of the molecule is Oc1nc2nc(NCc3c(F)cccc3Br)c(Cl)cc2[nH]1. The summed E-state index contributed by atoms with van der Waals surface area (Å²) in [7, 11) is 0. The highest BCUT2D eigenvalue weighted by Crippen LogP contribution is 2.26. The van der Waals surface area contributed by atoms with E-state index in [0.29, 0.717) is 32.0 Å². The molecule has 3 N–H and O–H groups in total. The first kappa shape index (κ1) is 14.1. The number of anilines is 1. The average Bonchev–Trinajstić information content (AvgIpc) is 2.77. The molecule has 3 rings (SSSR count). The summed E-state index contributed by atoms with van der Waals surface area (Å²) in [5.74, 6) is 0.0392. The van der Waals surface area contributed by atoms with Crippen LogP contribution in [0.3, 0.4) is 0 Å². The fourth-order valence-corrected chi connectivity index (χ4v) is 2.60. The van der Waals surface area contributed by atoms with Gasteiger partial charge in [-0.1, -0.05) is 33.6 Å². The summed E-state index contributed by atoms with van der Waals surface area (Å²) in [6.45, 7) is 0.210. The smallest absolute Gasteiger partial charge is 0.293 e. The highest BCUT2D eigenvalue weighted by Gasteiger charge is 2.11. The topological polar surface area (TPSA) is 73.8 Å². The zero-order chi connectivity index (χ0) is 15.0. The van der Waals surface area contributed by atoms with Crippen molar-refractivity contribution in [1.29, 1.82) is 0 Å². The molecule has 8 heteroatoms. The molecule has 2 aromatic heterocycles. The Balaban J connectivity index is 1.89. The number of aromatic hydroxyl groups is 1. The van der Waals surface area contributed by atoms with Gasteiger partial charge < -0.3 is 15.4 Å². The van der Waals surface area contributed by atoms with Crippen molar-refractivity contribution in [2.45, 2.75) is 6.54 Å². The average molecular weight is 372 g/mol. The monoisotopic (exact) mass is 370 g/mol. The van der Waals surface area contributed by atoms with E-state index in [2.05, 4.69) is 36.2 Å². The molecule has 0 saturated carbocycles. The molecule has 0 saturated heterocycles. The first-order chi connectivity index (χ1) is 10.0. The van der Waals surface area contributed by atoms with Gasteiger partial charge in [-0.05, 0) is 18.2 Å². The fraction of sp³-hybridized carbons (Fsp3) is 0.0769. The normalized spacial score (nSPS) is 11.0. The molecule has 0 bridgehead atoms. The zero-order valence-corrected chi connectivity index (χ0v) is 12.8. The molecule has 0 aliphatic rings. The summed E-state index contributed by atoms with van der Waals surface area (Å²) in [6, 6.07) is 6.11. The van der Waals surface area contributed by atoms with E-state index in [4.69, 9.17) is 11.6 Å². The molecule has 3 aromatic rings. The third-order valence-electron chi connectivity index (χ3n) is 2.91. The number of fused-ring (bicyclic) bond motifs is 1. The number of benzene rings is 1. The zero-order valence-electron chi connectivity index (χ0n) is 10.5. The number of pyridine rings is 1. The number of rotatable bonds is 3. The van der Waals surface area contributed by atoms with E-state index in [-0.39, 0.29) is 18.4 Å². The molecule has 0 fully saturated rings. The largest absolute Gasteiger partial charge is 0.480 e. The van der Waals surface area contributed by atoms with Gasteiger partial charge in [0, 0.05) is 16.6 Å². The van der Waals surface area contributed by atoms with Gasteiger partial charge in [-0.25, -0.2) is 9.37 Å². The van der Waals surface area contributed by atoms with Crippen molar-refractivity contribution < 1.29 is 9.50 Å². The number of imidazole rings is 1. The third-order valence-corrected chi connectivity index (χ3v) is 3.94. The standard InChI is InChI=1S/C13H9BrClFN4O/c14-7-2-1-3-9(16)6(7)5-17-11-8(15)4-10-12(19-11)20-13(21)18-10/h1-4H,5H2,(H3,17,18,19,20,21). The Bertz CT molecular complexity index is 803. The number of hydrogen-bond donors (Lipinski definition) is 3. The van der Waals surface area contributed by atoms with Gasteiger partial charge in [0.2, 0.25) is 0 Å². The van der Waals surface area contributed by atoms with Crippen LogP contribution in [0.2, 0.25) is 5.02 Å². The molecule has 5 nitrogen and oxygen atoms in total. The van der Waals surface area contributed by atoms with Crippen LogP contribution in [-0.2, 0) is 6.54 Å². The first-order valence-corrected chi connectivity index (χ1v) is 7.13. The van der Waals surface area contributed by atoms with Crippen LogP contribution in [0.4, 0.5) is 10.2 Å². The maximum absolute atomic E-state index is 13.7. The molecule has 0 unspecified atom stereocenters. The van der Waals surface area contributed by atoms with Gasteiger partial charge >= 0.3 is 0 Å². The van der Waals surface area contributed by atoms with E-state index in [1.54, 1.807) is 18.2 Å². The van der Waals surface area contributed by atoms with Crippen molar-refractivity contribution in [3.63, 3.8) is 0 Å². The summed E-state index contributed by atoms with van der Waals surface area (Å²) in [4.78, 5) is 10.6. The molecular formula is C13H9BrClFN4O. The highest BCUT2D eigenvalue weighted by atomic mass is 79.9. The minimum atomic E-state index is -0.327. The van der Waals surface area contributed by atoms with Crippen molar-refractivity contribution in [2.75, 3.05) is 5.32 Å². The number of nitrogens with zero attached hydrogens (tertiary/aromatic N) is 2. The second-order valence-electron chi connectivity index (χ2n) is 4.30. The molecule has 0 atom stereocenters. The molecule has 21 heavy (non-hydrogen) atoms. The van der Waals surface area contributed by atoms with Crippen LogP contribution < -0.4 is 5.32 Å². The van der Waals surface area contributed by atoms with E-state index >= 15 is 0 Å². The quantitative estimate of drug-likeness (QED) is 0.654. The minimum Gasteiger partial charge on any atom is -0.480 e. The number of halogens is 3. The maximum Gasteiger partial charge on any atom is 0.293 e. The van der Waals surface area contributed by atoms with Crippen molar-refractivity contribution in [3.05, 3.63) is 45.1 Å². The second-order valence-corrected chi connectivity index (χ2v) is 5.57. The van der Waals surface area contributed by atoms with Crippen molar-refractivity contribution in [1.82, 2.24) is 15.0 Å². The summed E-state index contributed by atoms with van der Waals surface area (Å²) >= 11 is 9.40. The Morgan fingerprint density at radius 2 is 2.19 bits per heavy atom. The first-order valence-electron chi connectivity index (χ1n) is 5.96. The van der Waals surface area contributed by atoms with E-state index in [0.717, 1.165) is 0 Å². The third kappa shape index (κ3) is 2.79. The van der Waals surface area contributed by atoms with Crippen molar-refractivity contribution in [3.8, 4) is 6.01 Å². The lowest BCUT2D eigenvalue weighted by atomic mass is 10.2. The maximum atomic E-state index is 13.7. The Labute approximate surface area is 132 Å². The molecule has 1 aromatic carbocycles. The van der Waals surface area contributed by atoms with Gasteiger partial charge in [0.15, 0.2) is 5.65 Å². The van der Waals surface area contributed by atoms with E-state index < -0.39 is 0 Å². The fourth-order valence-electron chi connectivity index (χ4n) is 1.90. The molecule has 108 valence electrons. The van der Waals surface area contributed by atoms with Crippen LogP contribution in [-0.4, -0.2) is 20.1 Å². The summed E-state index contributed by atoms with van der Waals surface area (Å²) in [5, 5.41) is 12.6. The predicted molar refractivity (Wildman–Crippen MR) is 82.0 cm³/mol. The molecule has 0 spiro atoms. The number of aromatic amines is 1. The van der Waals surface area contributed by atoms with Crippen LogP contribution in [0.1, 0.15) is 5.56 Å². The van der Waals surface area contributed by atoms with Gasteiger partial charge in [-0.2, -0.15) is 4.98 Å². The summed E-state index contributed by atoms with van der Waals surface area (Å²) in [5.41, 5.74) is 1.32. The molecule has 0 radical (unpaired) electrons. The minimum absolute atomic E-state index is 0.210.